The minimum absolute atomic E-state index is 0.356. The summed E-state index contributed by atoms with van der Waals surface area (Å²) >= 11 is 0. The standard InChI is InChI=1S/C22H16O3/c1-24-18-10-7-16(8-11-18)19-14-22(23)25-21-12-9-17(13-20(19)21)15-5-3-2-4-6-15/h2-14H,1H3. The fraction of sp³-hybridized carbons (Fsp3) is 0.0455. The van der Waals surface area contributed by atoms with E-state index in [0.29, 0.717) is 5.58 Å². The quantitative estimate of drug-likeness (QED) is 0.489. The van der Waals surface area contributed by atoms with Gasteiger partial charge in [0.05, 0.1) is 7.11 Å². The van der Waals surface area contributed by atoms with Crippen molar-refractivity contribution in [1.82, 2.24) is 0 Å². The van der Waals surface area contributed by atoms with Crippen molar-refractivity contribution in [2.24, 2.45) is 0 Å². The second kappa shape index (κ2) is 6.29. The molecule has 0 bridgehead atoms. The van der Waals surface area contributed by atoms with Gasteiger partial charge >= 0.3 is 5.63 Å². The average molecular weight is 328 g/mol. The van der Waals surface area contributed by atoms with Gasteiger partial charge in [-0.3, -0.25) is 0 Å². The lowest BCUT2D eigenvalue weighted by molar-refractivity contribution is 0.415. The van der Waals surface area contributed by atoms with Crippen molar-refractivity contribution in [1.29, 1.82) is 0 Å². The van der Waals surface area contributed by atoms with Crippen LogP contribution < -0.4 is 10.4 Å². The van der Waals surface area contributed by atoms with Gasteiger partial charge in [-0.25, -0.2) is 4.79 Å². The highest BCUT2D eigenvalue weighted by Gasteiger charge is 2.10. The van der Waals surface area contributed by atoms with E-state index in [0.717, 1.165) is 33.4 Å². The first-order valence-corrected chi connectivity index (χ1v) is 8.02. The Morgan fingerprint density at radius 2 is 1.48 bits per heavy atom. The first-order chi connectivity index (χ1) is 12.2. The third-order valence-electron chi connectivity index (χ3n) is 4.25. The van der Waals surface area contributed by atoms with Gasteiger partial charge in [0.2, 0.25) is 0 Å². The van der Waals surface area contributed by atoms with Gasteiger partial charge in [0.25, 0.3) is 0 Å². The van der Waals surface area contributed by atoms with Crippen molar-refractivity contribution in [2.75, 3.05) is 7.11 Å². The van der Waals surface area contributed by atoms with E-state index in [9.17, 15) is 4.79 Å². The van der Waals surface area contributed by atoms with E-state index in [-0.39, 0.29) is 5.63 Å². The maximum atomic E-state index is 12.0. The molecule has 0 fully saturated rings. The molecule has 3 heteroatoms. The van der Waals surface area contributed by atoms with E-state index in [2.05, 4.69) is 18.2 Å². The summed E-state index contributed by atoms with van der Waals surface area (Å²) in [4.78, 5) is 12.0. The molecule has 0 saturated heterocycles. The number of rotatable bonds is 3. The summed E-state index contributed by atoms with van der Waals surface area (Å²) in [7, 11) is 1.63. The second-order valence-electron chi connectivity index (χ2n) is 5.78. The summed E-state index contributed by atoms with van der Waals surface area (Å²) in [5.41, 5.74) is 4.23. The SMILES string of the molecule is COc1ccc(-c2cc(=O)oc3ccc(-c4ccccc4)cc23)cc1. The van der Waals surface area contributed by atoms with Crippen molar-refractivity contribution in [3.05, 3.63) is 89.3 Å². The number of fused-ring (bicyclic) bond motifs is 1. The lowest BCUT2D eigenvalue weighted by atomic mass is 9.98. The number of methoxy groups -OCH3 is 1. The number of hydrogen-bond donors (Lipinski definition) is 0. The van der Waals surface area contributed by atoms with Gasteiger partial charge in [0.15, 0.2) is 0 Å². The Hall–Kier alpha value is -3.33. The van der Waals surface area contributed by atoms with Gasteiger partial charge in [-0.05, 0) is 46.5 Å². The zero-order valence-electron chi connectivity index (χ0n) is 13.7. The Kier molecular flexibility index (Phi) is 3.82. The molecular formula is C22H16O3. The molecule has 1 heterocycles. The largest absolute Gasteiger partial charge is 0.497 e. The lowest BCUT2D eigenvalue weighted by Gasteiger charge is -2.09. The molecule has 0 N–H and O–H groups in total. The molecule has 0 aliphatic carbocycles. The van der Waals surface area contributed by atoms with Crippen LogP contribution in [0.15, 0.2) is 88.1 Å². The molecule has 0 aliphatic heterocycles. The molecule has 3 aromatic carbocycles. The Morgan fingerprint density at radius 1 is 0.760 bits per heavy atom. The van der Waals surface area contributed by atoms with Crippen LogP contribution in [0.5, 0.6) is 5.75 Å². The van der Waals surface area contributed by atoms with Crippen LogP contribution in [-0.2, 0) is 0 Å². The highest BCUT2D eigenvalue weighted by atomic mass is 16.5. The molecule has 1 aromatic heterocycles. The van der Waals surface area contributed by atoms with Crippen molar-refractivity contribution in [2.45, 2.75) is 0 Å². The highest BCUT2D eigenvalue weighted by Crippen LogP contribution is 2.31. The first-order valence-electron chi connectivity index (χ1n) is 8.02. The van der Waals surface area contributed by atoms with Crippen LogP contribution in [0.4, 0.5) is 0 Å². The van der Waals surface area contributed by atoms with Crippen molar-refractivity contribution in [3.8, 4) is 28.0 Å². The molecule has 4 aromatic rings. The molecule has 0 amide bonds. The van der Waals surface area contributed by atoms with Crippen LogP contribution in [0.2, 0.25) is 0 Å². The van der Waals surface area contributed by atoms with Crippen LogP contribution in [0.25, 0.3) is 33.2 Å². The second-order valence-corrected chi connectivity index (χ2v) is 5.78. The third kappa shape index (κ3) is 2.92. The van der Waals surface area contributed by atoms with Crippen LogP contribution in [0.1, 0.15) is 0 Å². The van der Waals surface area contributed by atoms with Gasteiger partial charge < -0.3 is 9.15 Å². The topological polar surface area (TPSA) is 39.4 Å². The monoisotopic (exact) mass is 328 g/mol. The molecule has 0 aliphatic rings. The minimum Gasteiger partial charge on any atom is -0.497 e. The predicted octanol–water partition coefficient (Wildman–Crippen LogP) is 5.14. The highest BCUT2D eigenvalue weighted by molar-refractivity contribution is 5.95. The Labute approximate surface area is 145 Å². The summed E-state index contributed by atoms with van der Waals surface area (Å²) in [6.45, 7) is 0. The predicted molar refractivity (Wildman–Crippen MR) is 99.9 cm³/mol. The maximum absolute atomic E-state index is 12.0. The third-order valence-corrected chi connectivity index (χ3v) is 4.25. The van der Waals surface area contributed by atoms with Crippen LogP contribution in [0.3, 0.4) is 0 Å². The number of benzene rings is 3. The van der Waals surface area contributed by atoms with Gasteiger partial charge in [-0.15, -0.1) is 0 Å². The molecule has 0 saturated carbocycles. The van der Waals surface area contributed by atoms with E-state index in [1.165, 1.54) is 0 Å². The molecule has 0 atom stereocenters. The molecule has 0 radical (unpaired) electrons. The first kappa shape index (κ1) is 15.2. The molecule has 4 rings (SSSR count). The smallest absolute Gasteiger partial charge is 0.336 e. The Bertz CT molecular complexity index is 1080. The van der Waals surface area contributed by atoms with Crippen LogP contribution >= 0.6 is 0 Å². The maximum Gasteiger partial charge on any atom is 0.336 e. The molecule has 122 valence electrons. The lowest BCUT2D eigenvalue weighted by Crippen LogP contribution is -1.98. The Morgan fingerprint density at radius 3 is 2.20 bits per heavy atom. The van der Waals surface area contributed by atoms with E-state index in [1.54, 1.807) is 13.2 Å². The van der Waals surface area contributed by atoms with Crippen molar-refractivity contribution < 1.29 is 9.15 Å². The molecule has 3 nitrogen and oxygen atoms in total. The van der Waals surface area contributed by atoms with Crippen LogP contribution in [-0.4, -0.2) is 7.11 Å². The molecule has 0 unspecified atom stereocenters. The Balaban J connectivity index is 1.94. The summed E-state index contributed by atoms with van der Waals surface area (Å²) in [5, 5.41) is 0.908. The zero-order valence-corrected chi connectivity index (χ0v) is 13.7. The molecular weight excluding hydrogens is 312 g/mol. The summed E-state index contributed by atoms with van der Waals surface area (Å²) < 4.78 is 10.6. The summed E-state index contributed by atoms with van der Waals surface area (Å²) in [6, 6.07) is 25.2. The van der Waals surface area contributed by atoms with Crippen molar-refractivity contribution >= 4 is 11.0 Å². The normalized spacial score (nSPS) is 10.8. The van der Waals surface area contributed by atoms with Crippen LogP contribution in [0, 0.1) is 0 Å². The zero-order chi connectivity index (χ0) is 17.2. The van der Waals surface area contributed by atoms with Gasteiger partial charge in [0.1, 0.15) is 11.3 Å². The van der Waals surface area contributed by atoms with Gasteiger partial charge in [-0.2, -0.15) is 0 Å². The number of ether oxygens (including phenoxy) is 1. The average Bonchev–Trinajstić information content (AvgIpc) is 2.68. The molecule has 25 heavy (non-hydrogen) atoms. The summed E-state index contributed by atoms with van der Waals surface area (Å²) in [5.74, 6) is 0.779. The van der Waals surface area contributed by atoms with E-state index >= 15 is 0 Å². The fourth-order valence-corrected chi connectivity index (χ4v) is 2.98. The summed E-state index contributed by atoms with van der Waals surface area (Å²) in [6.07, 6.45) is 0. The fourth-order valence-electron chi connectivity index (χ4n) is 2.98. The van der Waals surface area contributed by atoms with E-state index < -0.39 is 0 Å². The van der Waals surface area contributed by atoms with E-state index in [1.807, 2.05) is 54.6 Å². The van der Waals surface area contributed by atoms with Gasteiger partial charge in [0, 0.05) is 11.5 Å². The minimum atomic E-state index is -0.356. The van der Waals surface area contributed by atoms with Crippen molar-refractivity contribution in [3.63, 3.8) is 0 Å². The van der Waals surface area contributed by atoms with E-state index in [4.69, 9.17) is 9.15 Å². The number of hydrogen-bond acceptors (Lipinski definition) is 3. The molecule has 0 spiro atoms. The van der Waals surface area contributed by atoms with Gasteiger partial charge in [-0.1, -0.05) is 48.5 Å².